The molecule has 0 aliphatic rings. The van der Waals surface area contributed by atoms with Crippen molar-refractivity contribution in [2.75, 3.05) is 13.7 Å². The van der Waals surface area contributed by atoms with Gasteiger partial charge >= 0.3 is 5.97 Å². The monoisotopic (exact) mass is 575 g/mol. The average Bonchev–Trinajstić information content (AvgIpc) is 3.36. The second-order valence-corrected chi connectivity index (χ2v) is 9.75. The van der Waals surface area contributed by atoms with Gasteiger partial charge < -0.3 is 19.9 Å². The first kappa shape index (κ1) is 27.1. The van der Waals surface area contributed by atoms with Crippen LogP contribution in [0.4, 0.5) is 0 Å². The molecule has 202 valence electrons. The average molecular weight is 576 g/mol. The van der Waals surface area contributed by atoms with E-state index in [2.05, 4.69) is 10.4 Å². The molecule has 5 rings (SSSR count). The number of aliphatic carboxylic acids is 1. The predicted octanol–water partition coefficient (Wildman–Crippen LogP) is 7.00. The normalized spacial score (nSPS) is 10.9. The first-order chi connectivity index (χ1) is 19.3. The third kappa shape index (κ3) is 6.20. The molecule has 0 bridgehead atoms. The summed E-state index contributed by atoms with van der Waals surface area (Å²) < 4.78 is 13.2. The molecule has 1 aromatic heterocycles. The summed E-state index contributed by atoms with van der Waals surface area (Å²) in [6, 6.07) is 23.5. The summed E-state index contributed by atoms with van der Waals surface area (Å²) in [6.07, 6.45) is 1.69. The third-order valence-corrected chi connectivity index (χ3v) is 6.54. The van der Waals surface area contributed by atoms with E-state index in [0.717, 1.165) is 27.6 Å². The number of amides is 1. The Kier molecular flexibility index (Phi) is 7.91. The third-order valence-electron chi connectivity index (χ3n) is 6.11. The number of carboxylic acid groups (broad SMARTS) is 1. The van der Waals surface area contributed by atoms with Crippen molar-refractivity contribution in [3.63, 3.8) is 0 Å². The highest BCUT2D eigenvalue weighted by molar-refractivity contribution is 6.34. The van der Waals surface area contributed by atoms with E-state index in [1.165, 1.54) is 0 Å². The lowest BCUT2D eigenvalue weighted by atomic mass is 10.0. The summed E-state index contributed by atoms with van der Waals surface area (Å²) in [5.41, 5.74) is 2.64. The molecule has 0 aliphatic carbocycles. The number of rotatable bonds is 9. The number of fused-ring (bicyclic) bond motifs is 1. The minimum absolute atomic E-state index is 0.0409. The summed E-state index contributed by atoms with van der Waals surface area (Å²) in [5.74, 6) is 0.216. The van der Waals surface area contributed by atoms with Crippen LogP contribution in [-0.4, -0.2) is 40.4 Å². The lowest BCUT2D eigenvalue weighted by Gasteiger charge is -2.08. The molecule has 0 saturated heterocycles. The fraction of sp³-hybridized carbons (Fsp3) is 0.100. The molecule has 0 radical (unpaired) electrons. The molecule has 10 heteroatoms. The van der Waals surface area contributed by atoms with Crippen LogP contribution in [-0.2, 0) is 4.79 Å². The SMILES string of the molecule is COc1ccc2cc(-c3cn(-c4cc(Cl)cc(Cl)c4)nc3Oc3ccc(C(=O)NCCC(=O)O)cc3)ccc2c1. The molecule has 0 atom stereocenters. The molecule has 1 heterocycles. The minimum Gasteiger partial charge on any atom is -0.497 e. The van der Waals surface area contributed by atoms with Gasteiger partial charge in [-0.3, -0.25) is 9.59 Å². The van der Waals surface area contributed by atoms with Gasteiger partial charge in [-0.15, -0.1) is 5.10 Å². The zero-order valence-corrected chi connectivity index (χ0v) is 22.7. The number of hydrogen-bond acceptors (Lipinski definition) is 5. The van der Waals surface area contributed by atoms with Gasteiger partial charge in [-0.25, -0.2) is 4.68 Å². The van der Waals surface area contributed by atoms with Crippen LogP contribution in [0.5, 0.6) is 17.4 Å². The van der Waals surface area contributed by atoms with Crippen LogP contribution >= 0.6 is 23.2 Å². The fourth-order valence-electron chi connectivity index (χ4n) is 4.12. The number of methoxy groups -OCH3 is 1. The zero-order chi connectivity index (χ0) is 28.2. The Hall–Kier alpha value is -4.53. The lowest BCUT2D eigenvalue weighted by Crippen LogP contribution is -2.25. The van der Waals surface area contributed by atoms with Crippen LogP contribution in [0.2, 0.25) is 10.0 Å². The maximum absolute atomic E-state index is 12.3. The van der Waals surface area contributed by atoms with Gasteiger partial charge in [0.1, 0.15) is 11.5 Å². The van der Waals surface area contributed by atoms with Crippen molar-refractivity contribution in [2.45, 2.75) is 6.42 Å². The molecule has 5 aromatic rings. The van der Waals surface area contributed by atoms with E-state index in [1.807, 2.05) is 42.6 Å². The van der Waals surface area contributed by atoms with E-state index in [9.17, 15) is 9.59 Å². The maximum atomic E-state index is 12.3. The zero-order valence-electron chi connectivity index (χ0n) is 21.2. The largest absolute Gasteiger partial charge is 0.497 e. The Morgan fingerprint density at radius 1 is 0.900 bits per heavy atom. The molecule has 8 nitrogen and oxygen atoms in total. The number of benzene rings is 4. The summed E-state index contributed by atoms with van der Waals surface area (Å²) in [4.78, 5) is 23.0. The molecule has 40 heavy (non-hydrogen) atoms. The van der Waals surface area contributed by atoms with E-state index in [0.29, 0.717) is 32.9 Å². The van der Waals surface area contributed by atoms with Gasteiger partial charge in [-0.05, 0) is 77.0 Å². The number of nitrogens with zero attached hydrogens (tertiary/aromatic N) is 2. The van der Waals surface area contributed by atoms with Crippen molar-refractivity contribution in [1.82, 2.24) is 15.1 Å². The summed E-state index contributed by atoms with van der Waals surface area (Å²) in [7, 11) is 1.63. The van der Waals surface area contributed by atoms with Crippen LogP contribution in [0.15, 0.2) is 85.1 Å². The molecule has 0 aliphatic heterocycles. The van der Waals surface area contributed by atoms with Gasteiger partial charge in [0.15, 0.2) is 0 Å². The first-order valence-corrected chi connectivity index (χ1v) is 13.0. The van der Waals surface area contributed by atoms with E-state index in [1.54, 1.807) is 54.3 Å². The molecular weight excluding hydrogens is 553 g/mol. The molecule has 2 N–H and O–H groups in total. The Morgan fingerprint density at radius 3 is 2.27 bits per heavy atom. The van der Waals surface area contributed by atoms with E-state index in [-0.39, 0.29) is 18.9 Å². The highest BCUT2D eigenvalue weighted by Gasteiger charge is 2.17. The van der Waals surface area contributed by atoms with Gasteiger partial charge in [0.05, 0.1) is 24.8 Å². The van der Waals surface area contributed by atoms with Crippen molar-refractivity contribution in [3.05, 3.63) is 101 Å². The van der Waals surface area contributed by atoms with E-state index in [4.69, 9.17) is 37.8 Å². The molecule has 0 unspecified atom stereocenters. The highest BCUT2D eigenvalue weighted by atomic mass is 35.5. The fourth-order valence-corrected chi connectivity index (χ4v) is 4.64. The number of ether oxygens (including phenoxy) is 2. The lowest BCUT2D eigenvalue weighted by molar-refractivity contribution is -0.136. The topological polar surface area (TPSA) is 103 Å². The molecule has 0 saturated carbocycles. The number of carboxylic acids is 1. The van der Waals surface area contributed by atoms with Gasteiger partial charge in [-0.1, -0.05) is 41.4 Å². The smallest absolute Gasteiger partial charge is 0.305 e. The number of carbonyl (C=O) groups is 2. The second-order valence-electron chi connectivity index (χ2n) is 8.87. The molecule has 4 aromatic carbocycles. The Balaban J connectivity index is 1.48. The predicted molar refractivity (Wildman–Crippen MR) is 154 cm³/mol. The number of carbonyl (C=O) groups excluding carboxylic acids is 1. The van der Waals surface area contributed by atoms with Crippen molar-refractivity contribution in [2.24, 2.45) is 0 Å². The minimum atomic E-state index is -0.981. The standard InChI is InChI=1S/C30H23Cl2N3O5/c1-39-26-9-6-19-12-21(3-2-20(19)13-26)27-17-35(24-15-22(31)14-23(32)16-24)34-30(27)40-25-7-4-18(5-8-25)29(38)33-11-10-28(36)37/h2-9,12-17H,10-11H2,1H3,(H,33,38)(H,36,37). The Labute approximate surface area is 239 Å². The second kappa shape index (κ2) is 11.7. The Morgan fingerprint density at radius 2 is 1.57 bits per heavy atom. The molecule has 0 fully saturated rings. The summed E-state index contributed by atoms with van der Waals surface area (Å²) >= 11 is 12.5. The van der Waals surface area contributed by atoms with Gasteiger partial charge in [0.25, 0.3) is 5.91 Å². The molecule has 0 spiro atoms. The Bertz CT molecular complexity index is 1700. The van der Waals surface area contributed by atoms with Crippen LogP contribution < -0.4 is 14.8 Å². The molecular formula is C30H23Cl2N3O5. The van der Waals surface area contributed by atoms with Crippen molar-refractivity contribution < 1.29 is 24.2 Å². The van der Waals surface area contributed by atoms with Gasteiger partial charge in [0, 0.05) is 28.4 Å². The number of halogens is 2. The van der Waals surface area contributed by atoms with Gasteiger partial charge in [-0.2, -0.15) is 0 Å². The maximum Gasteiger partial charge on any atom is 0.305 e. The summed E-state index contributed by atoms with van der Waals surface area (Å²) in [5, 5.41) is 19.0. The molecule has 1 amide bonds. The van der Waals surface area contributed by atoms with Crippen LogP contribution in [0, 0.1) is 0 Å². The van der Waals surface area contributed by atoms with E-state index < -0.39 is 5.97 Å². The number of nitrogens with one attached hydrogen (secondary N) is 1. The quantitative estimate of drug-likeness (QED) is 0.196. The number of hydrogen-bond donors (Lipinski definition) is 2. The van der Waals surface area contributed by atoms with Crippen molar-refractivity contribution in [1.29, 1.82) is 0 Å². The first-order valence-electron chi connectivity index (χ1n) is 12.2. The van der Waals surface area contributed by atoms with Crippen LogP contribution in [0.1, 0.15) is 16.8 Å². The van der Waals surface area contributed by atoms with E-state index >= 15 is 0 Å². The van der Waals surface area contributed by atoms with Gasteiger partial charge in [0.2, 0.25) is 5.88 Å². The van der Waals surface area contributed by atoms with Crippen molar-refractivity contribution in [3.8, 4) is 34.2 Å². The van der Waals surface area contributed by atoms with Crippen molar-refractivity contribution >= 4 is 45.9 Å². The number of aromatic nitrogens is 2. The van der Waals surface area contributed by atoms with Crippen LogP contribution in [0.25, 0.3) is 27.6 Å². The summed E-state index contributed by atoms with van der Waals surface area (Å²) in [6.45, 7) is 0.0409. The highest BCUT2D eigenvalue weighted by Crippen LogP contribution is 2.36. The van der Waals surface area contributed by atoms with Crippen LogP contribution in [0.3, 0.4) is 0 Å².